The maximum atomic E-state index is 12.3. The van der Waals surface area contributed by atoms with E-state index in [9.17, 15) is 8.42 Å². The minimum Gasteiger partial charge on any atom is -0.316 e. The minimum absolute atomic E-state index is 0.0516. The molecule has 0 aliphatic carbocycles. The van der Waals surface area contributed by atoms with Crippen molar-refractivity contribution in [2.75, 3.05) is 11.8 Å². The molecule has 2 N–H and O–H groups in total. The molecule has 0 atom stereocenters. The molecule has 7 heteroatoms. The van der Waals surface area contributed by atoms with Crippen LogP contribution in [0.15, 0.2) is 47.6 Å². The highest BCUT2D eigenvalue weighted by Gasteiger charge is 2.18. The Kier molecular flexibility index (Phi) is 4.59. The highest BCUT2D eigenvalue weighted by atomic mass is 35.5. The summed E-state index contributed by atoms with van der Waals surface area (Å²) in [4.78, 5) is 3.91. The van der Waals surface area contributed by atoms with Gasteiger partial charge in [0.1, 0.15) is 4.90 Å². The lowest BCUT2D eigenvalue weighted by Gasteiger charge is -2.10. The second-order valence-electron chi connectivity index (χ2n) is 4.14. The number of rotatable bonds is 5. The lowest BCUT2D eigenvalue weighted by molar-refractivity contribution is 0.601. The predicted molar refractivity (Wildman–Crippen MR) is 79.3 cm³/mol. The molecule has 2 aromatic rings. The summed E-state index contributed by atoms with van der Waals surface area (Å²) < 4.78 is 27.1. The minimum atomic E-state index is -3.73. The average Bonchev–Trinajstić information content (AvgIpc) is 2.42. The summed E-state index contributed by atoms with van der Waals surface area (Å²) in [5, 5.41) is 3.15. The molecule has 20 heavy (non-hydrogen) atoms. The summed E-state index contributed by atoms with van der Waals surface area (Å²) in [5.41, 5.74) is 1.23. The molecule has 0 unspecified atom stereocenters. The molecule has 0 saturated heterocycles. The van der Waals surface area contributed by atoms with Crippen LogP contribution in [0.4, 0.5) is 5.69 Å². The largest absolute Gasteiger partial charge is 0.316 e. The second-order valence-corrected chi connectivity index (χ2v) is 6.20. The van der Waals surface area contributed by atoms with Crippen LogP contribution in [0.25, 0.3) is 0 Å². The quantitative estimate of drug-likeness (QED) is 0.888. The molecule has 0 radical (unpaired) electrons. The summed E-state index contributed by atoms with van der Waals surface area (Å²) >= 11 is 5.99. The van der Waals surface area contributed by atoms with Gasteiger partial charge in [-0.15, -0.1) is 0 Å². The van der Waals surface area contributed by atoms with Gasteiger partial charge in [-0.2, -0.15) is 0 Å². The zero-order valence-corrected chi connectivity index (χ0v) is 12.4. The van der Waals surface area contributed by atoms with Gasteiger partial charge >= 0.3 is 0 Å². The van der Waals surface area contributed by atoms with Crippen molar-refractivity contribution in [3.63, 3.8) is 0 Å². The Morgan fingerprint density at radius 1 is 1.30 bits per heavy atom. The van der Waals surface area contributed by atoms with E-state index in [0.29, 0.717) is 12.2 Å². The van der Waals surface area contributed by atoms with E-state index < -0.39 is 10.0 Å². The normalized spacial score (nSPS) is 11.3. The van der Waals surface area contributed by atoms with Crippen LogP contribution in [0.5, 0.6) is 0 Å². The maximum Gasteiger partial charge on any atom is 0.263 e. The molecule has 0 aliphatic heterocycles. The molecule has 2 rings (SSSR count). The van der Waals surface area contributed by atoms with Gasteiger partial charge in [0.25, 0.3) is 10.0 Å². The van der Waals surface area contributed by atoms with Crippen LogP contribution in [0.3, 0.4) is 0 Å². The SMILES string of the molecule is CNCc1ccc(Cl)c(S(=O)(=O)Nc2cccnc2)c1. The third kappa shape index (κ3) is 3.47. The zero-order valence-electron chi connectivity index (χ0n) is 10.8. The first-order valence-electron chi connectivity index (χ1n) is 5.89. The maximum absolute atomic E-state index is 12.3. The Bertz CT molecular complexity index is 690. The van der Waals surface area contributed by atoms with Crippen LogP contribution in [-0.2, 0) is 16.6 Å². The Morgan fingerprint density at radius 3 is 2.75 bits per heavy atom. The van der Waals surface area contributed by atoms with Crippen molar-refractivity contribution in [2.45, 2.75) is 11.4 Å². The Labute approximate surface area is 123 Å². The number of hydrogen-bond acceptors (Lipinski definition) is 4. The van der Waals surface area contributed by atoms with Gasteiger partial charge in [0, 0.05) is 12.7 Å². The molecule has 5 nitrogen and oxygen atoms in total. The number of benzene rings is 1. The fraction of sp³-hybridized carbons (Fsp3) is 0.154. The van der Waals surface area contributed by atoms with Crippen LogP contribution in [0, 0.1) is 0 Å². The lowest BCUT2D eigenvalue weighted by Crippen LogP contribution is -2.14. The van der Waals surface area contributed by atoms with Crippen molar-refractivity contribution < 1.29 is 8.42 Å². The number of sulfonamides is 1. The van der Waals surface area contributed by atoms with Crippen LogP contribution in [0.1, 0.15) is 5.56 Å². The molecule has 0 bridgehead atoms. The van der Waals surface area contributed by atoms with E-state index in [1.165, 1.54) is 6.20 Å². The average molecular weight is 312 g/mol. The van der Waals surface area contributed by atoms with Crippen molar-refractivity contribution in [3.05, 3.63) is 53.3 Å². The standard InChI is InChI=1S/C13H14ClN3O2S/c1-15-8-10-4-5-12(14)13(7-10)20(18,19)17-11-3-2-6-16-9-11/h2-7,9,15,17H,8H2,1H3. The van der Waals surface area contributed by atoms with Crippen LogP contribution in [0.2, 0.25) is 5.02 Å². The van der Waals surface area contributed by atoms with Crippen molar-refractivity contribution >= 4 is 27.3 Å². The smallest absolute Gasteiger partial charge is 0.263 e. The van der Waals surface area contributed by atoms with Crippen molar-refractivity contribution in [3.8, 4) is 0 Å². The van der Waals surface area contributed by atoms with Crippen LogP contribution < -0.4 is 10.0 Å². The number of anilines is 1. The predicted octanol–water partition coefficient (Wildman–Crippen LogP) is 2.26. The number of pyridine rings is 1. The molecule has 0 fully saturated rings. The van der Waals surface area contributed by atoms with Gasteiger partial charge < -0.3 is 5.32 Å². The summed E-state index contributed by atoms with van der Waals surface area (Å²) in [6, 6.07) is 8.18. The van der Waals surface area contributed by atoms with E-state index in [4.69, 9.17) is 11.6 Å². The summed E-state index contributed by atoms with van der Waals surface area (Å²) in [6.45, 7) is 0.562. The zero-order chi connectivity index (χ0) is 14.6. The van der Waals surface area contributed by atoms with Gasteiger partial charge in [-0.1, -0.05) is 17.7 Å². The van der Waals surface area contributed by atoms with E-state index in [1.807, 2.05) is 0 Å². The number of nitrogens with one attached hydrogen (secondary N) is 2. The summed E-state index contributed by atoms with van der Waals surface area (Å²) in [6.07, 6.45) is 3.00. The molecule has 1 heterocycles. The monoisotopic (exact) mass is 311 g/mol. The molecule has 1 aromatic heterocycles. The van der Waals surface area contributed by atoms with Gasteiger partial charge in [-0.25, -0.2) is 8.42 Å². The van der Waals surface area contributed by atoms with Crippen molar-refractivity contribution in [1.82, 2.24) is 10.3 Å². The number of halogens is 1. The lowest BCUT2D eigenvalue weighted by atomic mass is 10.2. The van der Waals surface area contributed by atoms with Gasteiger partial charge in [0.05, 0.1) is 16.9 Å². The van der Waals surface area contributed by atoms with Gasteiger partial charge in [-0.3, -0.25) is 9.71 Å². The molecular weight excluding hydrogens is 298 g/mol. The van der Waals surface area contributed by atoms with E-state index in [-0.39, 0.29) is 9.92 Å². The van der Waals surface area contributed by atoms with Crippen molar-refractivity contribution in [2.24, 2.45) is 0 Å². The fourth-order valence-electron chi connectivity index (χ4n) is 1.70. The Morgan fingerprint density at radius 2 is 2.10 bits per heavy atom. The highest BCUT2D eigenvalue weighted by Crippen LogP contribution is 2.24. The molecule has 0 aliphatic rings. The third-order valence-electron chi connectivity index (χ3n) is 2.58. The Hall–Kier alpha value is -1.63. The van der Waals surface area contributed by atoms with Crippen molar-refractivity contribution in [1.29, 1.82) is 0 Å². The van der Waals surface area contributed by atoms with Gasteiger partial charge in [0.2, 0.25) is 0 Å². The van der Waals surface area contributed by atoms with E-state index in [1.54, 1.807) is 43.6 Å². The molecule has 106 valence electrons. The third-order valence-corrected chi connectivity index (χ3v) is 4.44. The van der Waals surface area contributed by atoms with E-state index in [2.05, 4.69) is 15.0 Å². The summed E-state index contributed by atoms with van der Waals surface area (Å²) in [5.74, 6) is 0. The topological polar surface area (TPSA) is 71.1 Å². The molecule has 0 amide bonds. The van der Waals surface area contributed by atoms with E-state index >= 15 is 0 Å². The molecular formula is C13H14ClN3O2S. The van der Waals surface area contributed by atoms with E-state index in [0.717, 1.165) is 5.56 Å². The van der Waals surface area contributed by atoms with Gasteiger partial charge in [0.15, 0.2) is 0 Å². The fourth-order valence-corrected chi connectivity index (χ4v) is 3.30. The first-order chi connectivity index (χ1) is 9.53. The number of aromatic nitrogens is 1. The van der Waals surface area contributed by atoms with Crippen LogP contribution in [-0.4, -0.2) is 20.4 Å². The number of nitrogens with zero attached hydrogens (tertiary/aromatic N) is 1. The molecule has 0 saturated carbocycles. The summed E-state index contributed by atoms with van der Waals surface area (Å²) in [7, 11) is -1.95. The van der Waals surface area contributed by atoms with Crippen LogP contribution >= 0.6 is 11.6 Å². The first kappa shape index (κ1) is 14.8. The number of hydrogen-bond donors (Lipinski definition) is 2. The Balaban J connectivity index is 2.36. The highest BCUT2D eigenvalue weighted by molar-refractivity contribution is 7.92. The van der Waals surface area contributed by atoms with Gasteiger partial charge in [-0.05, 0) is 36.9 Å². The molecule has 1 aromatic carbocycles. The first-order valence-corrected chi connectivity index (χ1v) is 7.75. The molecule has 0 spiro atoms. The second kappa shape index (κ2) is 6.21.